The van der Waals surface area contributed by atoms with Crippen LogP contribution < -0.4 is 0 Å². The van der Waals surface area contributed by atoms with E-state index in [4.69, 9.17) is 0 Å². The number of rotatable bonds is 3. The van der Waals surface area contributed by atoms with Gasteiger partial charge in [-0.05, 0) is 51.8 Å². The van der Waals surface area contributed by atoms with Gasteiger partial charge in [0.25, 0.3) is 0 Å². The Morgan fingerprint density at radius 2 is 1.65 bits per heavy atom. The van der Waals surface area contributed by atoms with Crippen molar-refractivity contribution in [1.82, 2.24) is 9.80 Å². The topological polar surface area (TPSA) is 23.6 Å². The van der Waals surface area contributed by atoms with Crippen molar-refractivity contribution >= 4 is 18.3 Å². The molecule has 0 N–H and O–H groups in total. The molecule has 23 heavy (non-hydrogen) atoms. The van der Waals surface area contributed by atoms with E-state index in [1.807, 2.05) is 11.9 Å². The minimum Gasteiger partial charge on any atom is -0.338 e. The molecule has 0 bridgehead atoms. The lowest BCUT2D eigenvalue weighted by atomic mass is 9.96. The lowest BCUT2D eigenvalue weighted by Gasteiger charge is -2.28. The molecular formula is C19H29ClN2O. The lowest BCUT2D eigenvalue weighted by Crippen LogP contribution is -2.36. The second-order valence-corrected chi connectivity index (χ2v) is 7.18. The maximum atomic E-state index is 12.6. The Balaban J connectivity index is 0.00000192. The van der Waals surface area contributed by atoms with Crippen LogP contribution in [-0.2, 0) is 4.79 Å². The molecule has 2 aliphatic rings. The second-order valence-electron chi connectivity index (χ2n) is 7.18. The van der Waals surface area contributed by atoms with Gasteiger partial charge in [0.2, 0.25) is 5.91 Å². The van der Waals surface area contributed by atoms with Crippen LogP contribution in [0.2, 0.25) is 0 Å². The fourth-order valence-corrected chi connectivity index (χ4v) is 4.14. The first kappa shape index (κ1) is 18.3. The molecule has 1 aromatic carbocycles. The Morgan fingerprint density at radius 3 is 2.26 bits per heavy atom. The third-order valence-electron chi connectivity index (χ3n) is 5.23. The van der Waals surface area contributed by atoms with E-state index in [0.29, 0.717) is 5.91 Å². The van der Waals surface area contributed by atoms with E-state index >= 15 is 0 Å². The number of amides is 1. The first-order chi connectivity index (χ1) is 10.5. The van der Waals surface area contributed by atoms with E-state index in [-0.39, 0.29) is 24.4 Å². The van der Waals surface area contributed by atoms with Crippen LogP contribution in [-0.4, -0.2) is 42.4 Å². The molecule has 1 aromatic rings. The average Bonchev–Trinajstić information content (AvgIpc) is 2.76. The summed E-state index contributed by atoms with van der Waals surface area (Å²) in [4.78, 5) is 17.1. The van der Waals surface area contributed by atoms with Crippen molar-refractivity contribution in [3.8, 4) is 0 Å². The molecule has 4 heteroatoms. The Bertz CT molecular complexity index is 534. The predicted molar refractivity (Wildman–Crippen MR) is 97.1 cm³/mol. The molecule has 2 heterocycles. The summed E-state index contributed by atoms with van der Waals surface area (Å²) in [7, 11) is 1.97. The molecule has 3 rings (SSSR count). The van der Waals surface area contributed by atoms with Crippen LogP contribution in [0, 0.1) is 19.8 Å². The molecule has 3 nitrogen and oxygen atoms in total. The Labute approximate surface area is 146 Å². The summed E-state index contributed by atoms with van der Waals surface area (Å²) in [5, 5.41) is 0. The number of hydrogen-bond donors (Lipinski definition) is 0. The van der Waals surface area contributed by atoms with Crippen LogP contribution in [0.1, 0.15) is 48.4 Å². The normalized spacial score (nSPS) is 25.5. The van der Waals surface area contributed by atoms with Gasteiger partial charge in [0, 0.05) is 13.6 Å². The van der Waals surface area contributed by atoms with Crippen molar-refractivity contribution in [1.29, 1.82) is 0 Å². The molecule has 0 aromatic heterocycles. The highest BCUT2D eigenvalue weighted by Gasteiger charge is 2.38. The molecule has 2 aliphatic heterocycles. The van der Waals surface area contributed by atoms with Gasteiger partial charge in [-0.3, -0.25) is 4.79 Å². The summed E-state index contributed by atoms with van der Waals surface area (Å²) in [6.45, 7) is 7.56. The van der Waals surface area contributed by atoms with Gasteiger partial charge in [-0.25, -0.2) is 0 Å². The van der Waals surface area contributed by atoms with Gasteiger partial charge in [-0.15, -0.1) is 12.4 Å². The van der Waals surface area contributed by atoms with Crippen LogP contribution >= 0.6 is 12.4 Å². The predicted octanol–water partition coefficient (Wildman–Crippen LogP) is 3.73. The Kier molecular flexibility index (Phi) is 6.10. The van der Waals surface area contributed by atoms with Gasteiger partial charge < -0.3 is 9.80 Å². The molecule has 2 saturated heterocycles. The first-order valence-corrected chi connectivity index (χ1v) is 8.62. The van der Waals surface area contributed by atoms with Gasteiger partial charge in [-0.1, -0.05) is 35.7 Å². The van der Waals surface area contributed by atoms with Crippen molar-refractivity contribution in [2.45, 2.75) is 45.6 Å². The van der Waals surface area contributed by atoms with Gasteiger partial charge in [0.15, 0.2) is 0 Å². The van der Waals surface area contributed by atoms with Crippen LogP contribution in [0.3, 0.4) is 0 Å². The zero-order chi connectivity index (χ0) is 15.7. The third-order valence-corrected chi connectivity index (χ3v) is 5.23. The molecular weight excluding hydrogens is 308 g/mol. The van der Waals surface area contributed by atoms with E-state index < -0.39 is 0 Å². The van der Waals surface area contributed by atoms with Crippen molar-refractivity contribution in [2.24, 2.45) is 5.92 Å². The monoisotopic (exact) mass is 336 g/mol. The van der Waals surface area contributed by atoms with Crippen molar-refractivity contribution in [2.75, 3.05) is 26.7 Å². The number of aryl methyl sites for hydroxylation is 2. The quantitative estimate of drug-likeness (QED) is 0.839. The summed E-state index contributed by atoms with van der Waals surface area (Å²) in [5.41, 5.74) is 3.88. The second kappa shape index (κ2) is 7.67. The van der Waals surface area contributed by atoms with E-state index in [0.717, 1.165) is 13.0 Å². The number of piperidine rings is 1. The maximum Gasteiger partial charge on any atom is 0.227 e. The number of halogens is 1. The Morgan fingerprint density at radius 1 is 1.04 bits per heavy atom. The number of hydrogen-bond acceptors (Lipinski definition) is 2. The highest BCUT2D eigenvalue weighted by Crippen LogP contribution is 2.36. The number of benzene rings is 1. The zero-order valence-corrected chi connectivity index (χ0v) is 15.4. The molecule has 2 fully saturated rings. The third kappa shape index (κ3) is 4.07. The van der Waals surface area contributed by atoms with Crippen molar-refractivity contribution < 1.29 is 4.79 Å². The Hall–Kier alpha value is -1.06. The lowest BCUT2D eigenvalue weighted by molar-refractivity contribution is -0.131. The van der Waals surface area contributed by atoms with Crippen LogP contribution in [0.4, 0.5) is 0 Å². The van der Waals surface area contributed by atoms with Gasteiger partial charge >= 0.3 is 0 Å². The van der Waals surface area contributed by atoms with Crippen LogP contribution in [0.25, 0.3) is 0 Å². The minimum absolute atomic E-state index is 0. The first-order valence-electron chi connectivity index (χ1n) is 8.62. The largest absolute Gasteiger partial charge is 0.338 e. The SMILES string of the molecule is Cc1cc(C)cc([C@@H]2C[C@H](CN3CCCCC3)C(=O)N2C)c1.Cl. The highest BCUT2D eigenvalue weighted by molar-refractivity contribution is 5.85. The van der Waals surface area contributed by atoms with Crippen molar-refractivity contribution in [3.63, 3.8) is 0 Å². The zero-order valence-electron chi connectivity index (χ0n) is 14.5. The molecule has 0 spiro atoms. The fourth-order valence-electron chi connectivity index (χ4n) is 4.14. The molecule has 128 valence electrons. The van der Waals surface area contributed by atoms with E-state index in [1.54, 1.807) is 0 Å². The number of carbonyl (C=O) groups excluding carboxylic acids is 1. The maximum absolute atomic E-state index is 12.6. The van der Waals surface area contributed by atoms with Crippen molar-refractivity contribution in [3.05, 3.63) is 34.9 Å². The molecule has 0 unspecified atom stereocenters. The average molecular weight is 337 g/mol. The van der Waals surface area contributed by atoms with Gasteiger partial charge in [0.1, 0.15) is 0 Å². The summed E-state index contributed by atoms with van der Waals surface area (Å²) in [6.07, 6.45) is 4.89. The van der Waals surface area contributed by atoms with Crippen LogP contribution in [0.15, 0.2) is 18.2 Å². The van der Waals surface area contributed by atoms with Gasteiger partial charge in [0.05, 0.1) is 12.0 Å². The number of nitrogens with zero attached hydrogens (tertiary/aromatic N) is 2. The summed E-state index contributed by atoms with van der Waals surface area (Å²) >= 11 is 0. The van der Waals surface area contributed by atoms with E-state index in [9.17, 15) is 4.79 Å². The molecule has 0 aliphatic carbocycles. The summed E-state index contributed by atoms with van der Waals surface area (Å²) in [6, 6.07) is 6.93. The molecule has 1 amide bonds. The number of carbonyl (C=O) groups is 1. The summed E-state index contributed by atoms with van der Waals surface area (Å²) < 4.78 is 0. The molecule has 0 saturated carbocycles. The van der Waals surface area contributed by atoms with E-state index in [1.165, 1.54) is 49.0 Å². The highest BCUT2D eigenvalue weighted by atomic mass is 35.5. The number of likely N-dealkylation sites (tertiary alicyclic amines) is 2. The minimum atomic E-state index is 0. The fraction of sp³-hybridized carbons (Fsp3) is 0.632. The van der Waals surface area contributed by atoms with Gasteiger partial charge in [-0.2, -0.15) is 0 Å². The molecule has 0 radical (unpaired) electrons. The van der Waals surface area contributed by atoms with Crippen LogP contribution in [0.5, 0.6) is 0 Å². The summed E-state index contributed by atoms with van der Waals surface area (Å²) in [5.74, 6) is 0.503. The van der Waals surface area contributed by atoms with E-state index in [2.05, 4.69) is 36.9 Å². The molecule has 2 atom stereocenters. The smallest absolute Gasteiger partial charge is 0.227 e. The standard InChI is InChI=1S/C19H28N2O.ClH/c1-14-9-15(2)11-16(10-14)18-12-17(19(22)20(18)3)13-21-7-5-4-6-8-21;/h9-11,17-18H,4-8,12-13H2,1-3H3;1H/t17-,18+;/m1./s1.